The van der Waals surface area contributed by atoms with Gasteiger partial charge in [-0.05, 0) is 56.4 Å². The van der Waals surface area contributed by atoms with E-state index in [0.29, 0.717) is 0 Å². The van der Waals surface area contributed by atoms with Crippen molar-refractivity contribution >= 4 is 64.0 Å². The molecule has 0 radical (unpaired) electrons. The van der Waals surface area contributed by atoms with Crippen LogP contribution >= 0.6 is 11.3 Å². The van der Waals surface area contributed by atoms with Gasteiger partial charge in [0, 0.05) is 36.7 Å². The smallest absolute Gasteiger partial charge is 0.135 e. The van der Waals surface area contributed by atoms with Crippen LogP contribution in [-0.2, 0) is 0 Å². The van der Waals surface area contributed by atoms with Gasteiger partial charge in [-0.1, -0.05) is 127 Å². The molecule has 42 heavy (non-hydrogen) atoms. The van der Waals surface area contributed by atoms with Crippen molar-refractivity contribution in [3.8, 4) is 33.6 Å². The molecule has 0 aliphatic heterocycles. The van der Waals surface area contributed by atoms with Crippen molar-refractivity contribution in [2.45, 2.75) is 0 Å². The number of benzene rings is 7. The summed E-state index contributed by atoms with van der Waals surface area (Å²) < 4.78 is 8.96. The molecule has 0 amide bonds. The van der Waals surface area contributed by atoms with Gasteiger partial charge in [0.05, 0.1) is 0 Å². The number of rotatable bonds is 3. The molecule has 1 nitrogen and oxygen atoms in total. The normalized spacial score (nSPS) is 11.8. The molecule has 0 saturated carbocycles. The Balaban J connectivity index is 1.34. The van der Waals surface area contributed by atoms with Crippen molar-refractivity contribution in [3.05, 3.63) is 146 Å². The van der Waals surface area contributed by atoms with E-state index < -0.39 is 0 Å². The molecule has 0 N–H and O–H groups in total. The molecule has 0 bridgehead atoms. The summed E-state index contributed by atoms with van der Waals surface area (Å²) in [6.07, 6.45) is 0. The molecule has 0 saturated heterocycles. The highest BCUT2D eigenvalue weighted by atomic mass is 32.1. The molecule has 0 aliphatic carbocycles. The van der Waals surface area contributed by atoms with Crippen LogP contribution in [0.25, 0.3) is 86.3 Å². The number of hydrogen-bond donors (Lipinski definition) is 0. The van der Waals surface area contributed by atoms with E-state index in [2.05, 4.69) is 140 Å². The summed E-state index contributed by atoms with van der Waals surface area (Å²) in [5.41, 5.74) is 7.14. The summed E-state index contributed by atoms with van der Waals surface area (Å²) >= 11 is 1.88. The molecule has 0 spiro atoms. The van der Waals surface area contributed by atoms with E-state index in [1.165, 1.54) is 64.0 Å². The van der Waals surface area contributed by atoms with Gasteiger partial charge in [0.25, 0.3) is 0 Å². The molecule has 2 heterocycles. The SMILES string of the molecule is c1ccc(-c2cc3cc4sc5c(-c6c7ccccc7c(-c7ccccc7)c7ccccc67)cccc5c4cc3o2)cc1. The van der Waals surface area contributed by atoms with Crippen molar-refractivity contribution in [1.29, 1.82) is 0 Å². The molecule has 2 heteroatoms. The minimum atomic E-state index is 0.907. The first-order chi connectivity index (χ1) is 20.8. The number of fused-ring (bicyclic) bond motifs is 6. The van der Waals surface area contributed by atoms with Gasteiger partial charge >= 0.3 is 0 Å². The maximum atomic E-state index is 6.37. The lowest BCUT2D eigenvalue weighted by Crippen LogP contribution is -1.90. The van der Waals surface area contributed by atoms with Crippen molar-refractivity contribution in [3.63, 3.8) is 0 Å². The quantitative estimate of drug-likeness (QED) is 0.199. The fourth-order valence-electron chi connectivity index (χ4n) is 6.61. The van der Waals surface area contributed by atoms with E-state index in [9.17, 15) is 0 Å². The Labute approximate surface area is 246 Å². The van der Waals surface area contributed by atoms with Gasteiger partial charge in [0.1, 0.15) is 11.3 Å². The second-order valence-corrected chi connectivity index (χ2v) is 11.9. The predicted molar refractivity (Wildman–Crippen MR) is 180 cm³/mol. The third-order valence-electron chi connectivity index (χ3n) is 8.46. The third kappa shape index (κ3) is 3.49. The monoisotopic (exact) mass is 552 g/mol. The van der Waals surface area contributed by atoms with E-state index in [4.69, 9.17) is 4.42 Å². The molecule has 0 aliphatic rings. The lowest BCUT2D eigenvalue weighted by Gasteiger charge is -2.18. The lowest BCUT2D eigenvalue weighted by molar-refractivity contribution is 0.632. The summed E-state index contributed by atoms with van der Waals surface area (Å²) in [6, 6.07) is 52.3. The first-order valence-corrected chi connectivity index (χ1v) is 15.1. The second kappa shape index (κ2) is 9.17. The van der Waals surface area contributed by atoms with Crippen molar-refractivity contribution < 1.29 is 4.42 Å². The van der Waals surface area contributed by atoms with Gasteiger partial charge in [0.15, 0.2) is 0 Å². The highest BCUT2D eigenvalue weighted by molar-refractivity contribution is 7.26. The Morgan fingerprint density at radius 3 is 1.67 bits per heavy atom. The van der Waals surface area contributed by atoms with Crippen LogP contribution in [0.4, 0.5) is 0 Å². The highest BCUT2D eigenvalue weighted by Crippen LogP contribution is 2.48. The standard InChI is InChI=1S/C40H24OS/c1-3-12-25(13-4-1)35-22-27-23-37-34(24-36(27)41-35)32-20-11-21-33(40(32)42-37)39-30-18-9-7-16-28(30)38(26-14-5-2-6-15-26)29-17-8-10-19-31(29)39/h1-24H. The van der Waals surface area contributed by atoms with E-state index in [-0.39, 0.29) is 0 Å². The molecule has 7 aromatic carbocycles. The molecular formula is C40H24OS. The minimum Gasteiger partial charge on any atom is -0.456 e. The van der Waals surface area contributed by atoms with Gasteiger partial charge < -0.3 is 4.42 Å². The zero-order valence-electron chi connectivity index (χ0n) is 22.7. The molecule has 196 valence electrons. The van der Waals surface area contributed by atoms with Gasteiger partial charge in [-0.25, -0.2) is 0 Å². The zero-order chi connectivity index (χ0) is 27.6. The topological polar surface area (TPSA) is 13.1 Å². The molecule has 2 aromatic heterocycles. The van der Waals surface area contributed by atoms with Crippen molar-refractivity contribution in [2.24, 2.45) is 0 Å². The average molecular weight is 553 g/mol. The van der Waals surface area contributed by atoms with E-state index in [1.807, 2.05) is 17.4 Å². The van der Waals surface area contributed by atoms with Crippen LogP contribution in [-0.4, -0.2) is 0 Å². The first-order valence-electron chi connectivity index (χ1n) is 14.3. The number of furan rings is 1. The van der Waals surface area contributed by atoms with E-state index >= 15 is 0 Å². The Morgan fingerprint density at radius 2 is 1.00 bits per heavy atom. The Kier molecular flexibility index (Phi) is 5.13. The fraction of sp³-hybridized carbons (Fsp3) is 0. The maximum Gasteiger partial charge on any atom is 0.135 e. The summed E-state index contributed by atoms with van der Waals surface area (Å²) in [5.74, 6) is 0.907. The molecule has 0 atom stereocenters. The predicted octanol–water partition coefficient (Wildman–Crippen LogP) is 12.1. The average Bonchev–Trinajstić information content (AvgIpc) is 3.64. The molecular weight excluding hydrogens is 529 g/mol. The fourth-order valence-corrected chi connectivity index (χ4v) is 7.86. The second-order valence-electron chi connectivity index (χ2n) is 10.9. The molecule has 0 unspecified atom stereocenters. The minimum absolute atomic E-state index is 0.907. The zero-order valence-corrected chi connectivity index (χ0v) is 23.5. The van der Waals surface area contributed by atoms with Crippen LogP contribution in [0.2, 0.25) is 0 Å². The molecule has 0 fully saturated rings. The largest absolute Gasteiger partial charge is 0.456 e. The van der Waals surface area contributed by atoms with Gasteiger partial charge in [0.2, 0.25) is 0 Å². The maximum absolute atomic E-state index is 6.37. The summed E-state index contributed by atoms with van der Waals surface area (Å²) in [7, 11) is 0. The van der Waals surface area contributed by atoms with Gasteiger partial charge in [-0.2, -0.15) is 0 Å². The Hall–Kier alpha value is -5.18. The lowest BCUT2D eigenvalue weighted by atomic mass is 9.86. The number of thiophene rings is 1. The van der Waals surface area contributed by atoms with Crippen LogP contribution in [0.5, 0.6) is 0 Å². The van der Waals surface area contributed by atoms with Gasteiger partial charge in [-0.3, -0.25) is 0 Å². The highest BCUT2D eigenvalue weighted by Gasteiger charge is 2.19. The van der Waals surface area contributed by atoms with Crippen LogP contribution in [0.15, 0.2) is 150 Å². The van der Waals surface area contributed by atoms with E-state index in [1.54, 1.807) is 0 Å². The Morgan fingerprint density at radius 1 is 0.429 bits per heavy atom. The number of hydrogen-bond acceptors (Lipinski definition) is 2. The van der Waals surface area contributed by atoms with Crippen LogP contribution in [0, 0.1) is 0 Å². The summed E-state index contributed by atoms with van der Waals surface area (Å²) in [6.45, 7) is 0. The van der Waals surface area contributed by atoms with Crippen LogP contribution in [0.3, 0.4) is 0 Å². The van der Waals surface area contributed by atoms with E-state index in [0.717, 1.165) is 22.3 Å². The van der Waals surface area contributed by atoms with Crippen molar-refractivity contribution in [1.82, 2.24) is 0 Å². The van der Waals surface area contributed by atoms with Gasteiger partial charge in [-0.15, -0.1) is 11.3 Å². The summed E-state index contributed by atoms with van der Waals surface area (Å²) in [5, 5.41) is 8.77. The third-order valence-corrected chi connectivity index (χ3v) is 9.66. The Bertz CT molecular complexity index is 2390. The van der Waals surface area contributed by atoms with Crippen LogP contribution < -0.4 is 0 Å². The van der Waals surface area contributed by atoms with Crippen LogP contribution in [0.1, 0.15) is 0 Å². The first kappa shape index (κ1) is 23.5. The molecule has 9 rings (SSSR count). The summed E-state index contributed by atoms with van der Waals surface area (Å²) in [4.78, 5) is 0. The molecule has 9 aromatic rings. The van der Waals surface area contributed by atoms with Crippen molar-refractivity contribution in [2.75, 3.05) is 0 Å².